The van der Waals surface area contributed by atoms with Crippen LogP contribution in [-0.2, 0) is 4.79 Å². The SMILES string of the molecule is CCN1c2ccc(/C=C3/SC(=Nc4ccccc4C)NC3=O)cc2C(C)=CC1(C)C. The number of likely N-dealkylation sites (N-methyl/N-ethyl adjacent to an activating group) is 1. The molecule has 1 saturated heterocycles. The van der Waals surface area contributed by atoms with Gasteiger partial charge in [-0.15, -0.1) is 0 Å². The number of carbonyl (C=O) groups is 1. The van der Waals surface area contributed by atoms with E-state index < -0.39 is 0 Å². The molecule has 0 aliphatic carbocycles. The molecule has 0 atom stereocenters. The second kappa shape index (κ2) is 7.80. The van der Waals surface area contributed by atoms with Crippen LogP contribution in [0.3, 0.4) is 0 Å². The summed E-state index contributed by atoms with van der Waals surface area (Å²) in [6.07, 6.45) is 4.27. The molecule has 30 heavy (non-hydrogen) atoms. The Kier molecular flexibility index (Phi) is 5.33. The smallest absolute Gasteiger partial charge is 0.264 e. The van der Waals surface area contributed by atoms with Crippen LogP contribution in [0.15, 0.2) is 58.4 Å². The minimum absolute atomic E-state index is 0.00601. The summed E-state index contributed by atoms with van der Waals surface area (Å²) >= 11 is 1.39. The number of thioether (sulfide) groups is 1. The number of allylic oxidation sites excluding steroid dienone is 1. The van der Waals surface area contributed by atoms with Crippen LogP contribution in [0.2, 0.25) is 0 Å². The number of amidine groups is 1. The topological polar surface area (TPSA) is 44.7 Å². The van der Waals surface area contributed by atoms with Crippen molar-refractivity contribution in [2.75, 3.05) is 11.4 Å². The van der Waals surface area contributed by atoms with E-state index in [0.717, 1.165) is 23.4 Å². The number of anilines is 1. The Hall–Kier alpha value is -2.79. The molecule has 4 rings (SSSR count). The second-order valence-electron chi connectivity index (χ2n) is 8.27. The van der Waals surface area contributed by atoms with Crippen LogP contribution in [0.5, 0.6) is 0 Å². The van der Waals surface area contributed by atoms with Gasteiger partial charge in [-0.05, 0) is 87.4 Å². The normalized spacial score (nSPS) is 20.4. The lowest BCUT2D eigenvalue weighted by Crippen LogP contribution is -2.44. The highest BCUT2D eigenvalue weighted by atomic mass is 32.2. The molecule has 0 spiro atoms. The minimum Gasteiger partial charge on any atom is -0.363 e. The number of rotatable bonds is 3. The second-order valence-corrected chi connectivity index (χ2v) is 9.30. The maximum atomic E-state index is 12.5. The van der Waals surface area contributed by atoms with Gasteiger partial charge in [0.15, 0.2) is 5.17 Å². The largest absolute Gasteiger partial charge is 0.363 e. The van der Waals surface area contributed by atoms with Crippen LogP contribution >= 0.6 is 11.8 Å². The number of hydrogen-bond donors (Lipinski definition) is 1. The molecule has 0 radical (unpaired) electrons. The molecule has 5 heteroatoms. The van der Waals surface area contributed by atoms with Crippen molar-refractivity contribution in [3.8, 4) is 0 Å². The number of para-hydroxylation sites is 1. The van der Waals surface area contributed by atoms with Crippen LogP contribution in [0.25, 0.3) is 11.6 Å². The molecule has 2 aromatic rings. The van der Waals surface area contributed by atoms with Crippen LogP contribution < -0.4 is 10.2 Å². The number of carbonyl (C=O) groups excluding carboxylic acids is 1. The highest BCUT2D eigenvalue weighted by Crippen LogP contribution is 2.39. The van der Waals surface area contributed by atoms with Gasteiger partial charge in [0, 0.05) is 17.8 Å². The Balaban J connectivity index is 1.64. The molecule has 2 aliphatic heterocycles. The van der Waals surface area contributed by atoms with Crippen molar-refractivity contribution in [2.24, 2.45) is 4.99 Å². The fourth-order valence-electron chi connectivity index (χ4n) is 4.20. The Morgan fingerprint density at radius 3 is 2.67 bits per heavy atom. The summed E-state index contributed by atoms with van der Waals surface area (Å²) in [6.45, 7) is 11.8. The van der Waals surface area contributed by atoms with Gasteiger partial charge in [0.1, 0.15) is 0 Å². The number of nitrogens with one attached hydrogen (secondary N) is 1. The van der Waals surface area contributed by atoms with Crippen molar-refractivity contribution in [1.29, 1.82) is 0 Å². The van der Waals surface area contributed by atoms with Crippen molar-refractivity contribution in [1.82, 2.24) is 5.32 Å². The summed E-state index contributed by atoms with van der Waals surface area (Å²) in [4.78, 5) is 20.2. The van der Waals surface area contributed by atoms with Gasteiger partial charge in [-0.2, -0.15) is 0 Å². The van der Waals surface area contributed by atoms with Crippen molar-refractivity contribution < 1.29 is 4.79 Å². The average Bonchev–Trinajstić information content (AvgIpc) is 3.02. The molecule has 4 nitrogen and oxygen atoms in total. The fraction of sp³-hybridized carbons (Fsp3) is 0.280. The number of aliphatic imine (C=N–C) groups is 1. The molecule has 0 bridgehead atoms. The van der Waals surface area contributed by atoms with E-state index in [9.17, 15) is 4.79 Å². The molecule has 2 heterocycles. The van der Waals surface area contributed by atoms with Crippen LogP contribution in [0.4, 0.5) is 11.4 Å². The minimum atomic E-state index is -0.103. The maximum Gasteiger partial charge on any atom is 0.264 e. The highest BCUT2D eigenvalue weighted by molar-refractivity contribution is 8.18. The van der Waals surface area contributed by atoms with Gasteiger partial charge >= 0.3 is 0 Å². The zero-order chi connectivity index (χ0) is 21.5. The lowest BCUT2D eigenvalue weighted by atomic mass is 9.88. The van der Waals surface area contributed by atoms with E-state index in [4.69, 9.17) is 0 Å². The number of benzene rings is 2. The Labute approximate surface area is 182 Å². The standard InChI is InChI=1S/C25H27N3OS/c1-6-28-21-12-11-18(13-19(21)17(3)15-25(28,4)5)14-22-23(29)27-24(30-22)26-20-10-8-7-9-16(20)2/h7-15H,6H2,1-5H3,(H,26,27,29)/b22-14+. The van der Waals surface area contributed by atoms with E-state index in [2.05, 4.69) is 67.2 Å². The molecular weight excluding hydrogens is 390 g/mol. The van der Waals surface area contributed by atoms with E-state index in [1.54, 1.807) is 0 Å². The van der Waals surface area contributed by atoms with E-state index in [-0.39, 0.29) is 11.4 Å². The Morgan fingerprint density at radius 2 is 1.93 bits per heavy atom. The first-order valence-electron chi connectivity index (χ1n) is 10.3. The molecule has 1 N–H and O–H groups in total. The number of fused-ring (bicyclic) bond motifs is 1. The lowest BCUT2D eigenvalue weighted by Gasteiger charge is -2.42. The van der Waals surface area contributed by atoms with Gasteiger partial charge in [0.2, 0.25) is 0 Å². The van der Waals surface area contributed by atoms with E-state index >= 15 is 0 Å². The van der Waals surface area contributed by atoms with Gasteiger partial charge in [0.05, 0.1) is 16.1 Å². The monoisotopic (exact) mass is 417 g/mol. The summed E-state index contributed by atoms with van der Waals surface area (Å²) in [5, 5.41) is 3.50. The van der Waals surface area contributed by atoms with Crippen molar-refractivity contribution >= 4 is 45.9 Å². The molecule has 0 aromatic heterocycles. The Bertz CT molecular complexity index is 1110. The van der Waals surface area contributed by atoms with Gasteiger partial charge in [-0.3, -0.25) is 4.79 Å². The summed E-state index contributed by atoms with van der Waals surface area (Å²) in [6, 6.07) is 14.3. The van der Waals surface area contributed by atoms with E-state index in [1.165, 1.54) is 28.6 Å². The first-order chi connectivity index (χ1) is 14.3. The average molecular weight is 418 g/mol. The lowest BCUT2D eigenvalue weighted by molar-refractivity contribution is -0.115. The first-order valence-corrected chi connectivity index (χ1v) is 11.1. The van der Waals surface area contributed by atoms with Crippen molar-refractivity contribution in [2.45, 2.75) is 40.2 Å². The number of nitrogens with zero attached hydrogens (tertiary/aromatic N) is 2. The molecule has 1 fully saturated rings. The first kappa shape index (κ1) is 20.5. The van der Waals surface area contributed by atoms with Crippen LogP contribution in [0, 0.1) is 6.92 Å². The third-order valence-corrected chi connectivity index (χ3v) is 6.51. The quantitative estimate of drug-likeness (QED) is 0.632. The van der Waals surface area contributed by atoms with Gasteiger partial charge in [0.25, 0.3) is 5.91 Å². The molecule has 0 saturated carbocycles. The predicted octanol–water partition coefficient (Wildman–Crippen LogP) is 5.91. The van der Waals surface area contributed by atoms with Gasteiger partial charge < -0.3 is 10.2 Å². The molecule has 2 aromatic carbocycles. The Morgan fingerprint density at radius 1 is 1.17 bits per heavy atom. The zero-order valence-corrected chi connectivity index (χ0v) is 18.9. The summed E-state index contributed by atoms with van der Waals surface area (Å²) < 4.78 is 0. The summed E-state index contributed by atoms with van der Waals surface area (Å²) in [7, 11) is 0. The van der Waals surface area contributed by atoms with Gasteiger partial charge in [-0.25, -0.2) is 4.99 Å². The van der Waals surface area contributed by atoms with Crippen LogP contribution in [0.1, 0.15) is 44.4 Å². The van der Waals surface area contributed by atoms with Gasteiger partial charge in [-0.1, -0.05) is 30.3 Å². The van der Waals surface area contributed by atoms with Crippen molar-refractivity contribution in [3.05, 3.63) is 70.1 Å². The maximum absolute atomic E-state index is 12.5. The fourth-order valence-corrected chi connectivity index (χ4v) is 5.03. The molecule has 154 valence electrons. The number of amides is 1. The molecular formula is C25H27N3OS. The van der Waals surface area contributed by atoms with Crippen molar-refractivity contribution in [3.63, 3.8) is 0 Å². The van der Waals surface area contributed by atoms with E-state index in [0.29, 0.717) is 10.1 Å². The molecule has 2 aliphatic rings. The predicted molar refractivity (Wildman–Crippen MR) is 129 cm³/mol. The summed E-state index contributed by atoms with van der Waals surface area (Å²) in [5.74, 6) is -0.103. The number of aryl methyl sites for hydroxylation is 1. The number of hydrogen-bond acceptors (Lipinski definition) is 4. The van der Waals surface area contributed by atoms with E-state index in [1.807, 2.05) is 37.3 Å². The third kappa shape index (κ3) is 3.82. The zero-order valence-electron chi connectivity index (χ0n) is 18.1. The third-order valence-electron chi connectivity index (χ3n) is 5.60. The highest BCUT2D eigenvalue weighted by Gasteiger charge is 2.30. The molecule has 1 amide bonds. The summed E-state index contributed by atoms with van der Waals surface area (Å²) in [5.41, 5.74) is 6.71. The molecule has 0 unspecified atom stereocenters. The van der Waals surface area contributed by atoms with Crippen LogP contribution in [-0.4, -0.2) is 23.2 Å².